The number of ether oxygens (including phenoxy) is 2. The Hall–Kier alpha value is -0.910. The molecule has 8 atom stereocenters. The summed E-state index contributed by atoms with van der Waals surface area (Å²) < 4.78 is 11.6. The quantitative estimate of drug-likeness (QED) is 0.603. The standard InChI is InChI=1S/C21H33NO4/c1-12-6-5-7-15-8-17-18(19(23)21(12,15)4)16(20(24)26-17)11-22-9-13(2)25-14(3)10-22/h7,12-14,16-19,23H,5-6,8-11H2,1-4H3/t12-,13+,14+,16+,17+,18+,19-,21+/m0/s1. The van der Waals surface area contributed by atoms with Crippen molar-refractivity contribution >= 4 is 5.97 Å². The Bertz CT molecular complexity index is 595. The molecule has 0 aromatic rings. The molecule has 0 spiro atoms. The van der Waals surface area contributed by atoms with Gasteiger partial charge in [0.1, 0.15) is 6.10 Å². The van der Waals surface area contributed by atoms with Crippen LogP contribution in [-0.2, 0) is 14.3 Å². The van der Waals surface area contributed by atoms with Gasteiger partial charge in [0, 0.05) is 37.4 Å². The number of morpholine rings is 1. The van der Waals surface area contributed by atoms with E-state index in [-0.39, 0.29) is 41.5 Å². The molecule has 2 aliphatic carbocycles. The number of carbonyl (C=O) groups is 1. The van der Waals surface area contributed by atoms with E-state index in [2.05, 4.69) is 38.7 Å². The molecule has 1 N–H and O–H groups in total. The van der Waals surface area contributed by atoms with Crippen LogP contribution in [0, 0.1) is 23.2 Å². The molecule has 1 saturated carbocycles. The molecule has 2 saturated heterocycles. The summed E-state index contributed by atoms with van der Waals surface area (Å²) in [6.07, 6.45) is 4.91. The normalized spacial score (nSPS) is 49.2. The zero-order chi connectivity index (χ0) is 18.6. The number of hydrogen-bond acceptors (Lipinski definition) is 5. The third-order valence-corrected chi connectivity index (χ3v) is 7.52. The molecule has 0 aromatic heterocycles. The van der Waals surface area contributed by atoms with Crippen molar-refractivity contribution in [1.82, 2.24) is 4.90 Å². The average Bonchev–Trinajstić information content (AvgIpc) is 2.85. The van der Waals surface area contributed by atoms with Gasteiger partial charge in [0.05, 0.1) is 24.2 Å². The average molecular weight is 363 g/mol. The molecule has 146 valence electrons. The van der Waals surface area contributed by atoms with Crippen molar-refractivity contribution in [3.8, 4) is 0 Å². The van der Waals surface area contributed by atoms with E-state index >= 15 is 0 Å². The topological polar surface area (TPSA) is 59.0 Å². The van der Waals surface area contributed by atoms with E-state index in [0.29, 0.717) is 12.5 Å². The van der Waals surface area contributed by atoms with Crippen LogP contribution in [0.2, 0.25) is 0 Å². The second-order valence-electron chi connectivity index (χ2n) is 9.27. The summed E-state index contributed by atoms with van der Waals surface area (Å²) in [5, 5.41) is 11.4. The van der Waals surface area contributed by atoms with Gasteiger partial charge in [0.25, 0.3) is 0 Å². The molecule has 26 heavy (non-hydrogen) atoms. The highest BCUT2D eigenvalue weighted by Crippen LogP contribution is 2.56. The highest BCUT2D eigenvalue weighted by atomic mass is 16.6. The first kappa shape index (κ1) is 18.5. The smallest absolute Gasteiger partial charge is 0.311 e. The number of fused-ring (bicyclic) bond motifs is 2. The Morgan fingerprint density at radius 2 is 1.96 bits per heavy atom. The molecule has 0 radical (unpaired) electrons. The van der Waals surface area contributed by atoms with Crippen LogP contribution in [-0.4, -0.2) is 60.0 Å². The molecule has 5 heteroatoms. The SMILES string of the molecule is C[C@@H]1CN(C[C@H]2C(=O)O[C@@H]3CC4=CCC[C@H](C)[C@@]4(C)[C@@H](O)[C@@H]32)C[C@@H](C)O1. The first-order valence-corrected chi connectivity index (χ1v) is 10.3. The van der Waals surface area contributed by atoms with E-state index in [1.165, 1.54) is 5.57 Å². The van der Waals surface area contributed by atoms with Crippen LogP contribution in [0.4, 0.5) is 0 Å². The van der Waals surface area contributed by atoms with Crippen LogP contribution in [0.5, 0.6) is 0 Å². The fourth-order valence-corrected chi connectivity index (χ4v) is 5.99. The van der Waals surface area contributed by atoms with Gasteiger partial charge in [-0.3, -0.25) is 9.69 Å². The van der Waals surface area contributed by atoms with Crippen LogP contribution < -0.4 is 0 Å². The Balaban J connectivity index is 1.57. The van der Waals surface area contributed by atoms with Gasteiger partial charge in [0.15, 0.2) is 0 Å². The summed E-state index contributed by atoms with van der Waals surface area (Å²) in [6.45, 7) is 10.9. The highest BCUT2D eigenvalue weighted by molar-refractivity contribution is 5.76. The molecule has 2 heterocycles. The number of esters is 1. The van der Waals surface area contributed by atoms with E-state index in [0.717, 1.165) is 32.4 Å². The molecule has 0 unspecified atom stereocenters. The van der Waals surface area contributed by atoms with Crippen LogP contribution in [0.1, 0.15) is 47.0 Å². The third kappa shape index (κ3) is 2.83. The lowest BCUT2D eigenvalue weighted by molar-refractivity contribution is -0.145. The molecule has 4 aliphatic rings. The van der Waals surface area contributed by atoms with Crippen molar-refractivity contribution < 1.29 is 19.4 Å². The molecule has 4 rings (SSSR count). The predicted octanol–water partition coefficient (Wildman–Crippen LogP) is 2.38. The summed E-state index contributed by atoms with van der Waals surface area (Å²) >= 11 is 0. The monoisotopic (exact) mass is 363 g/mol. The first-order chi connectivity index (χ1) is 12.3. The number of aliphatic hydroxyl groups is 1. The van der Waals surface area contributed by atoms with Crippen molar-refractivity contribution in [1.29, 1.82) is 0 Å². The van der Waals surface area contributed by atoms with E-state index in [1.807, 2.05) is 0 Å². The molecular formula is C21H33NO4. The van der Waals surface area contributed by atoms with Crippen molar-refractivity contribution in [2.24, 2.45) is 23.2 Å². The van der Waals surface area contributed by atoms with Gasteiger partial charge >= 0.3 is 5.97 Å². The molecule has 0 amide bonds. The molecule has 5 nitrogen and oxygen atoms in total. The molecular weight excluding hydrogens is 330 g/mol. The van der Waals surface area contributed by atoms with Crippen molar-refractivity contribution in [2.75, 3.05) is 19.6 Å². The minimum Gasteiger partial charge on any atom is -0.461 e. The third-order valence-electron chi connectivity index (χ3n) is 7.52. The lowest BCUT2D eigenvalue weighted by Gasteiger charge is -2.52. The lowest BCUT2D eigenvalue weighted by atomic mass is 9.55. The summed E-state index contributed by atoms with van der Waals surface area (Å²) in [5.74, 6) is -0.0294. The van der Waals surface area contributed by atoms with E-state index in [9.17, 15) is 9.90 Å². The summed E-state index contributed by atoms with van der Waals surface area (Å²) in [6, 6.07) is 0. The van der Waals surface area contributed by atoms with Gasteiger partial charge in [-0.2, -0.15) is 0 Å². The molecule has 0 bridgehead atoms. The van der Waals surface area contributed by atoms with Gasteiger partial charge in [-0.15, -0.1) is 0 Å². The Morgan fingerprint density at radius 1 is 1.27 bits per heavy atom. The maximum Gasteiger partial charge on any atom is 0.311 e. The summed E-state index contributed by atoms with van der Waals surface area (Å²) in [4.78, 5) is 15.0. The van der Waals surface area contributed by atoms with Gasteiger partial charge in [-0.1, -0.05) is 25.5 Å². The number of nitrogens with zero attached hydrogens (tertiary/aromatic N) is 1. The summed E-state index contributed by atoms with van der Waals surface area (Å²) in [5.41, 5.74) is 1.07. The van der Waals surface area contributed by atoms with Crippen LogP contribution >= 0.6 is 0 Å². The number of aliphatic hydroxyl groups excluding tert-OH is 1. The largest absolute Gasteiger partial charge is 0.461 e. The number of allylic oxidation sites excluding steroid dienone is 1. The minimum absolute atomic E-state index is 0.0985. The van der Waals surface area contributed by atoms with Gasteiger partial charge in [-0.25, -0.2) is 0 Å². The van der Waals surface area contributed by atoms with Crippen molar-refractivity contribution in [3.05, 3.63) is 11.6 Å². The zero-order valence-corrected chi connectivity index (χ0v) is 16.5. The van der Waals surface area contributed by atoms with E-state index < -0.39 is 6.10 Å². The molecule has 3 fully saturated rings. The maximum atomic E-state index is 12.7. The number of carbonyl (C=O) groups excluding carboxylic acids is 1. The lowest BCUT2D eigenvalue weighted by Crippen LogP contribution is -2.55. The minimum atomic E-state index is -0.518. The Kier molecular flexibility index (Phi) is 4.69. The maximum absolute atomic E-state index is 12.7. The fourth-order valence-electron chi connectivity index (χ4n) is 5.99. The van der Waals surface area contributed by atoms with Crippen LogP contribution in [0.15, 0.2) is 11.6 Å². The zero-order valence-electron chi connectivity index (χ0n) is 16.5. The van der Waals surface area contributed by atoms with Gasteiger partial charge < -0.3 is 14.6 Å². The van der Waals surface area contributed by atoms with Gasteiger partial charge in [-0.05, 0) is 32.6 Å². The van der Waals surface area contributed by atoms with Crippen molar-refractivity contribution in [3.63, 3.8) is 0 Å². The Labute approximate surface area is 156 Å². The first-order valence-electron chi connectivity index (χ1n) is 10.3. The predicted molar refractivity (Wildman–Crippen MR) is 98.5 cm³/mol. The van der Waals surface area contributed by atoms with Crippen molar-refractivity contribution in [2.45, 2.75) is 71.4 Å². The Morgan fingerprint density at radius 3 is 2.65 bits per heavy atom. The molecule has 2 aliphatic heterocycles. The number of rotatable bonds is 2. The van der Waals surface area contributed by atoms with E-state index in [1.54, 1.807) is 0 Å². The fraction of sp³-hybridized carbons (Fsp3) is 0.857. The van der Waals surface area contributed by atoms with Gasteiger partial charge in [0.2, 0.25) is 0 Å². The second kappa shape index (κ2) is 6.61. The van der Waals surface area contributed by atoms with Crippen LogP contribution in [0.25, 0.3) is 0 Å². The van der Waals surface area contributed by atoms with E-state index in [4.69, 9.17) is 9.47 Å². The molecule has 0 aromatic carbocycles. The number of hydrogen-bond donors (Lipinski definition) is 1. The van der Waals surface area contributed by atoms with Crippen LogP contribution in [0.3, 0.4) is 0 Å². The highest BCUT2D eigenvalue weighted by Gasteiger charge is 2.59. The second-order valence-corrected chi connectivity index (χ2v) is 9.27. The summed E-state index contributed by atoms with van der Waals surface area (Å²) in [7, 11) is 0.